The van der Waals surface area contributed by atoms with E-state index in [-0.39, 0.29) is 38.2 Å². The summed E-state index contributed by atoms with van der Waals surface area (Å²) in [4.78, 5) is 0. The Labute approximate surface area is 257 Å². The van der Waals surface area contributed by atoms with E-state index in [1.165, 1.54) is 0 Å². The molecule has 1 aliphatic heterocycles. The number of hydrogen-bond donors (Lipinski definition) is 0. The van der Waals surface area contributed by atoms with Crippen molar-refractivity contribution >= 4 is 127 Å². The average Bonchev–Trinajstić information content (AvgIpc) is 3.19. The van der Waals surface area contributed by atoms with Crippen LogP contribution in [-0.4, -0.2) is 73.2 Å². The van der Waals surface area contributed by atoms with E-state index in [1.54, 1.807) is 0 Å². The van der Waals surface area contributed by atoms with Gasteiger partial charge in [-0.2, -0.15) is 0 Å². The zero-order chi connectivity index (χ0) is 30.3. The lowest BCUT2D eigenvalue weighted by Crippen LogP contribution is -2.52. The monoisotopic (exact) mass is 526 g/mol. The maximum Gasteiger partial charge on any atom is 0.494 e. The van der Waals surface area contributed by atoms with Crippen molar-refractivity contribution < 1.29 is 9.31 Å². The molecule has 0 aromatic heterocycles. The molecule has 1 fully saturated rings. The van der Waals surface area contributed by atoms with Crippen molar-refractivity contribution in [1.82, 2.24) is 0 Å². The third-order valence-electron chi connectivity index (χ3n) is 8.94. The van der Waals surface area contributed by atoms with Gasteiger partial charge in [-0.05, 0) is 77.0 Å². The number of fused-ring (bicyclic) bond motifs is 2. The van der Waals surface area contributed by atoms with Crippen LogP contribution in [0, 0.1) is 0 Å². The second-order valence-electron chi connectivity index (χ2n) is 11.9. The first-order valence-corrected chi connectivity index (χ1v) is 13.7. The second-order valence-corrected chi connectivity index (χ2v) is 11.9. The molecule has 2 nitrogen and oxygen atoms in total. The van der Waals surface area contributed by atoms with Gasteiger partial charge in [-0.3, -0.25) is 0 Å². The SMILES string of the molecule is [B]c1c([B])c([B])c2c(-c3cccc4c(-c5cccc(B6OC(C)(C)C(C)(C)O6)c5)cccc34)c([B])c([B])c([B])c2c1[B]. The van der Waals surface area contributed by atoms with Crippen LogP contribution < -0.4 is 43.7 Å². The Morgan fingerprint density at radius 3 is 1.60 bits per heavy atom. The Morgan fingerprint density at radius 2 is 1.00 bits per heavy atom. The molecule has 0 saturated carbocycles. The predicted octanol–water partition coefficient (Wildman–Crippen LogP) is -0.817. The van der Waals surface area contributed by atoms with E-state index < -0.39 is 18.3 Å². The topological polar surface area (TPSA) is 18.5 Å². The summed E-state index contributed by atoms with van der Waals surface area (Å²) in [6.07, 6.45) is 0. The summed E-state index contributed by atoms with van der Waals surface area (Å²) >= 11 is 0. The van der Waals surface area contributed by atoms with E-state index in [4.69, 9.17) is 64.2 Å². The van der Waals surface area contributed by atoms with E-state index in [9.17, 15) is 0 Å². The molecule has 186 valence electrons. The van der Waals surface area contributed by atoms with Gasteiger partial charge in [-0.15, -0.1) is 16.4 Å². The lowest BCUT2D eigenvalue weighted by Gasteiger charge is -2.32. The van der Waals surface area contributed by atoms with Crippen molar-refractivity contribution in [2.45, 2.75) is 38.9 Å². The van der Waals surface area contributed by atoms with Crippen LogP contribution in [0.1, 0.15) is 27.7 Å². The molecular formula is C32H22B8O2. The quantitative estimate of drug-likeness (QED) is 0.287. The summed E-state index contributed by atoms with van der Waals surface area (Å²) in [5.41, 5.74) is 4.99. The van der Waals surface area contributed by atoms with E-state index in [0.29, 0.717) is 16.3 Å². The molecule has 0 amide bonds. The lowest BCUT2D eigenvalue weighted by atomic mass is 9.58. The summed E-state index contributed by atoms with van der Waals surface area (Å²) in [6.45, 7) is 8.19. The van der Waals surface area contributed by atoms with Gasteiger partial charge in [0, 0.05) is 0 Å². The van der Waals surface area contributed by atoms with Crippen LogP contribution in [0.4, 0.5) is 0 Å². The van der Waals surface area contributed by atoms with Crippen molar-refractivity contribution in [3.63, 3.8) is 0 Å². The molecule has 0 atom stereocenters. The molecule has 5 aromatic carbocycles. The Balaban J connectivity index is 1.58. The van der Waals surface area contributed by atoms with Crippen LogP contribution in [-0.2, 0) is 9.31 Å². The van der Waals surface area contributed by atoms with E-state index in [1.807, 2.05) is 64.1 Å². The van der Waals surface area contributed by atoms with Crippen molar-refractivity contribution in [1.29, 1.82) is 0 Å². The lowest BCUT2D eigenvalue weighted by molar-refractivity contribution is 0.00578. The largest absolute Gasteiger partial charge is 0.494 e. The Bertz CT molecular complexity index is 1910. The standard InChI is InChI=1S/C32H22B8O2/c1-31(2)32(3,4)42-40(41-31)16-9-5-8-15(14-16)17-10-6-12-19-18(17)11-7-13-20(19)21-22-23(26(35)28(37)24(21)33)27(36)30(39)29(38)25(22)34/h5-14H,1-4H3. The van der Waals surface area contributed by atoms with Crippen molar-refractivity contribution in [3.05, 3.63) is 60.7 Å². The maximum atomic E-state index is 6.66. The minimum atomic E-state index is -0.476. The molecule has 0 N–H and O–H groups in total. The van der Waals surface area contributed by atoms with Crippen molar-refractivity contribution in [2.75, 3.05) is 0 Å². The fourth-order valence-corrected chi connectivity index (χ4v) is 5.81. The predicted molar refractivity (Wildman–Crippen MR) is 186 cm³/mol. The summed E-state index contributed by atoms with van der Waals surface area (Å²) in [5.74, 6) is 0. The third-order valence-corrected chi connectivity index (χ3v) is 8.94. The highest BCUT2D eigenvalue weighted by Crippen LogP contribution is 2.38. The fraction of sp³-hybridized carbons (Fsp3) is 0.188. The minimum Gasteiger partial charge on any atom is -0.399 e. The summed E-state index contributed by atoms with van der Waals surface area (Å²) in [7, 11) is 44.5. The Morgan fingerprint density at radius 1 is 0.524 bits per heavy atom. The van der Waals surface area contributed by atoms with Crippen LogP contribution in [0.2, 0.25) is 0 Å². The van der Waals surface area contributed by atoms with Gasteiger partial charge in [0.05, 0.1) is 11.2 Å². The van der Waals surface area contributed by atoms with Gasteiger partial charge in [0.1, 0.15) is 54.9 Å². The van der Waals surface area contributed by atoms with Gasteiger partial charge < -0.3 is 9.31 Å². The highest BCUT2D eigenvalue weighted by atomic mass is 16.7. The molecule has 0 spiro atoms. The highest BCUT2D eigenvalue weighted by Gasteiger charge is 2.51. The highest BCUT2D eigenvalue weighted by molar-refractivity contribution is 6.72. The molecule has 42 heavy (non-hydrogen) atoms. The molecule has 6 rings (SSSR count). The smallest absolute Gasteiger partial charge is 0.399 e. The van der Waals surface area contributed by atoms with Gasteiger partial charge >= 0.3 is 7.12 Å². The van der Waals surface area contributed by atoms with Gasteiger partial charge in [-0.1, -0.05) is 82.5 Å². The van der Waals surface area contributed by atoms with Gasteiger partial charge in [0.25, 0.3) is 0 Å². The van der Waals surface area contributed by atoms with Crippen LogP contribution in [0.15, 0.2) is 60.7 Å². The molecule has 1 saturated heterocycles. The maximum absolute atomic E-state index is 6.66. The van der Waals surface area contributed by atoms with Gasteiger partial charge in [0.15, 0.2) is 0 Å². The molecule has 10 heteroatoms. The summed E-state index contributed by atoms with van der Waals surface area (Å²) < 4.78 is 12.6. The zero-order valence-electron chi connectivity index (χ0n) is 24.2. The van der Waals surface area contributed by atoms with Gasteiger partial charge in [-0.25, -0.2) is 0 Å². The fourth-order valence-electron chi connectivity index (χ4n) is 5.81. The van der Waals surface area contributed by atoms with Crippen LogP contribution >= 0.6 is 0 Å². The number of rotatable bonds is 3. The first-order chi connectivity index (χ1) is 19.7. The second kappa shape index (κ2) is 10.1. The first-order valence-electron chi connectivity index (χ1n) is 13.7. The minimum absolute atomic E-state index is 0.156. The molecular weight excluding hydrogens is 503 g/mol. The zero-order valence-corrected chi connectivity index (χ0v) is 24.2. The number of hydrogen-bond acceptors (Lipinski definition) is 2. The van der Waals surface area contributed by atoms with Gasteiger partial charge in [0.2, 0.25) is 0 Å². The summed E-state index contributed by atoms with van der Waals surface area (Å²) in [5, 5.41) is 2.88. The Hall–Kier alpha value is -2.94. The molecule has 14 radical (unpaired) electrons. The molecule has 5 aromatic rings. The first kappa shape index (κ1) is 29.1. The van der Waals surface area contributed by atoms with Crippen LogP contribution in [0.25, 0.3) is 43.8 Å². The average molecular weight is 525 g/mol. The third kappa shape index (κ3) is 4.28. The van der Waals surface area contributed by atoms with E-state index in [2.05, 4.69) is 24.3 Å². The summed E-state index contributed by atoms with van der Waals surface area (Å²) in [6, 6.07) is 20.3. The Kier molecular flexibility index (Phi) is 6.99. The number of benzene rings is 5. The molecule has 1 heterocycles. The van der Waals surface area contributed by atoms with E-state index in [0.717, 1.165) is 32.9 Å². The van der Waals surface area contributed by atoms with Crippen molar-refractivity contribution in [3.8, 4) is 22.3 Å². The normalized spacial score (nSPS) is 16.0. The molecule has 0 unspecified atom stereocenters. The van der Waals surface area contributed by atoms with Crippen LogP contribution in [0.3, 0.4) is 0 Å². The van der Waals surface area contributed by atoms with Crippen LogP contribution in [0.5, 0.6) is 0 Å². The van der Waals surface area contributed by atoms with E-state index >= 15 is 0 Å². The van der Waals surface area contributed by atoms with Crippen molar-refractivity contribution in [2.24, 2.45) is 0 Å². The molecule has 0 bridgehead atoms. The molecule has 1 aliphatic rings. The molecule has 0 aliphatic carbocycles.